The highest BCUT2D eigenvalue weighted by Gasteiger charge is 2.19. The fourth-order valence-electron chi connectivity index (χ4n) is 7.89. The summed E-state index contributed by atoms with van der Waals surface area (Å²) in [6, 6.07) is 0. The fraction of sp³-hybridized carbons (Fsp3) is 0.873. The van der Waals surface area contributed by atoms with E-state index >= 15 is 0 Å². The molecule has 0 radical (unpaired) electrons. The van der Waals surface area contributed by atoms with Gasteiger partial charge in [-0.3, -0.25) is 14.4 Å². The molecule has 0 aromatic heterocycles. The molecule has 0 amide bonds. The average molecular weight is 859 g/mol. The van der Waals surface area contributed by atoms with Crippen molar-refractivity contribution in [3.63, 3.8) is 0 Å². The second kappa shape index (κ2) is 50.5. The Kier molecular flexibility index (Phi) is 48.8. The lowest BCUT2D eigenvalue weighted by molar-refractivity contribution is -0.167. The minimum atomic E-state index is -0.766. The fourth-order valence-corrected chi connectivity index (χ4v) is 7.89. The van der Waals surface area contributed by atoms with E-state index in [-0.39, 0.29) is 31.1 Å². The van der Waals surface area contributed by atoms with Gasteiger partial charge in [0.05, 0.1) is 0 Å². The van der Waals surface area contributed by atoms with E-state index < -0.39 is 6.10 Å². The maximum Gasteiger partial charge on any atom is 0.306 e. The quantitative estimate of drug-likeness (QED) is 0.0262. The van der Waals surface area contributed by atoms with Crippen LogP contribution in [0.2, 0.25) is 0 Å². The van der Waals surface area contributed by atoms with Crippen molar-refractivity contribution >= 4 is 17.9 Å². The Labute approximate surface area is 379 Å². The summed E-state index contributed by atoms with van der Waals surface area (Å²) in [6.45, 7) is 6.63. The first-order valence-corrected chi connectivity index (χ1v) is 26.8. The Morgan fingerprint density at radius 3 is 0.934 bits per heavy atom. The van der Waals surface area contributed by atoms with Crippen LogP contribution in [0.15, 0.2) is 24.3 Å². The Hall–Kier alpha value is -2.11. The summed E-state index contributed by atoms with van der Waals surface area (Å²) >= 11 is 0. The summed E-state index contributed by atoms with van der Waals surface area (Å²) in [5.41, 5.74) is 0. The topological polar surface area (TPSA) is 78.9 Å². The molecule has 1 atom stereocenters. The molecular weight excluding hydrogens is 757 g/mol. The highest BCUT2D eigenvalue weighted by atomic mass is 16.6. The molecule has 0 saturated carbocycles. The van der Waals surface area contributed by atoms with Gasteiger partial charge in [0.15, 0.2) is 6.10 Å². The second-order valence-corrected chi connectivity index (χ2v) is 18.2. The number of unbranched alkanes of at least 4 members (excludes halogenated alkanes) is 34. The largest absolute Gasteiger partial charge is 0.462 e. The minimum absolute atomic E-state index is 0.0678. The van der Waals surface area contributed by atoms with Gasteiger partial charge in [0.1, 0.15) is 13.2 Å². The van der Waals surface area contributed by atoms with Crippen LogP contribution in [0.3, 0.4) is 0 Å². The lowest BCUT2D eigenvalue weighted by Crippen LogP contribution is -2.30. The van der Waals surface area contributed by atoms with E-state index in [9.17, 15) is 14.4 Å². The molecule has 61 heavy (non-hydrogen) atoms. The Bertz CT molecular complexity index is 989. The maximum atomic E-state index is 12.8. The van der Waals surface area contributed by atoms with Gasteiger partial charge in [-0.15, -0.1) is 0 Å². The predicted octanol–water partition coefficient (Wildman–Crippen LogP) is 17.5. The number of rotatable bonds is 49. The zero-order valence-electron chi connectivity index (χ0n) is 40.9. The summed E-state index contributed by atoms with van der Waals surface area (Å²) in [5, 5.41) is 0. The van der Waals surface area contributed by atoms with Crippen LogP contribution in [0, 0.1) is 0 Å². The SMILES string of the molecule is CCCCC/C=C\C/C=C\CCCCCCCCCCCC(=O)OCC(COC(=O)CCCCCCCCCCC)OC(=O)CCCCCCCCCCCCCCCCC. The molecular formula is C55H102O6. The first kappa shape index (κ1) is 58.9. The van der Waals surface area contributed by atoms with Crippen molar-refractivity contribution in [2.45, 2.75) is 297 Å². The number of esters is 3. The van der Waals surface area contributed by atoms with E-state index in [4.69, 9.17) is 14.2 Å². The van der Waals surface area contributed by atoms with Crippen LogP contribution in [0.4, 0.5) is 0 Å². The summed E-state index contributed by atoms with van der Waals surface area (Å²) < 4.78 is 16.8. The van der Waals surface area contributed by atoms with Gasteiger partial charge in [0, 0.05) is 19.3 Å². The minimum Gasteiger partial charge on any atom is -0.462 e. The molecule has 0 aliphatic carbocycles. The first-order valence-electron chi connectivity index (χ1n) is 26.8. The molecule has 6 nitrogen and oxygen atoms in total. The summed E-state index contributed by atoms with van der Waals surface area (Å²) in [6.07, 6.45) is 57.4. The zero-order chi connectivity index (χ0) is 44.4. The highest BCUT2D eigenvalue weighted by molar-refractivity contribution is 5.71. The number of ether oxygens (including phenoxy) is 3. The number of hydrogen-bond acceptors (Lipinski definition) is 6. The van der Waals surface area contributed by atoms with E-state index in [2.05, 4.69) is 45.1 Å². The van der Waals surface area contributed by atoms with Crippen LogP contribution in [-0.4, -0.2) is 37.2 Å². The molecule has 0 N–H and O–H groups in total. The van der Waals surface area contributed by atoms with E-state index in [0.717, 1.165) is 64.2 Å². The molecule has 0 aromatic rings. The summed E-state index contributed by atoms with van der Waals surface area (Å²) in [4.78, 5) is 37.9. The van der Waals surface area contributed by atoms with E-state index in [1.807, 2.05) is 0 Å². The maximum absolute atomic E-state index is 12.8. The van der Waals surface area contributed by atoms with Crippen LogP contribution in [0.5, 0.6) is 0 Å². The molecule has 0 bridgehead atoms. The molecule has 0 rings (SSSR count). The van der Waals surface area contributed by atoms with Crippen molar-refractivity contribution in [1.82, 2.24) is 0 Å². The van der Waals surface area contributed by atoms with Gasteiger partial charge >= 0.3 is 17.9 Å². The van der Waals surface area contributed by atoms with Crippen LogP contribution in [-0.2, 0) is 28.6 Å². The zero-order valence-corrected chi connectivity index (χ0v) is 40.9. The number of carbonyl (C=O) groups excluding carboxylic acids is 3. The Morgan fingerprint density at radius 1 is 0.328 bits per heavy atom. The smallest absolute Gasteiger partial charge is 0.306 e. The Balaban J connectivity index is 4.26. The van der Waals surface area contributed by atoms with Gasteiger partial charge < -0.3 is 14.2 Å². The van der Waals surface area contributed by atoms with Gasteiger partial charge in [-0.25, -0.2) is 0 Å². The molecule has 358 valence electrons. The number of carbonyl (C=O) groups is 3. The van der Waals surface area contributed by atoms with E-state index in [1.54, 1.807) is 0 Å². The van der Waals surface area contributed by atoms with Crippen LogP contribution in [0.1, 0.15) is 290 Å². The monoisotopic (exact) mass is 859 g/mol. The molecule has 0 fully saturated rings. The molecule has 0 aliphatic heterocycles. The van der Waals surface area contributed by atoms with Crippen LogP contribution >= 0.6 is 0 Å². The third-order valence-electron chi connectivity index (χ3n) is 12.0. The summed E-state index contributed by atoms with van der Waals surface area (Å²) in [5.74, 6) is -0.859. The van der Waals surface area contributed by atoms with Crippen molar-refractivity contribution in [2.24, 2.45) is 0 Å². The molecule has 0 aliphatic rings. The van der Waals surface area contributed by atoms with Crippen molar-refractivity contribution in [3.05, 3.63) is 24.3 Å². The second-order valence-electron chi connectivity index (χ2n) is 18.2. The van der Waals surface area contributed by atoms with Gasteiger partial charge in [-0.2, -0.15) is 0 Å². The molecule has 0 aromatic carbocycles. The predicted molar refractivity (Wildman–Crippen MR) is 261 cm³/mol. The highest BCUT2D eigenvalue weighted by Crippen LogP contribution is 2.16. The molecule has 0 saturated heterocycles. The molecule has 0 heterocycles. The lowest BCUT2D eigenvalue weighted by Gasteiger charge is -2.18. The summed E-state index contributed by atoms with van der Waals surface area (Å²) in [7, 11) is 0. The Morgan fingerprint density at radius 2 is 0.590 bits per heavy atom. The molecule has 6 heteroatoms. The van der Waals surface area contributed by atoms with Crippen molar-refractivity contribution in [2.75, 3.05) is 13.2 Å². The van der Waals surface area contributed by atoms with Gasteiger partial charge in [-0.1, -0.05) is 244 Å². The third kappa shape index (κ3) is 48.8. The third-order valence-corrected chi connectivity index (χ3v) is 12.0. The van der Waals surface area contributed by atoms with Gasteiger partial charge in [-0.05, 0) is 51.4 Å². The van der Waals surface area contributed by atoms with Crippen molar-refractivity contribution < 1.29 is 28.6 Å². The normalized spacial score (nSPS) is 12.1. The first-order chi connectivity index (χ1) is 30.0. The molecule has 0 spiro atoms. The average Bonchev–Trinajstić information content (AvgIpc) is 3.26. The van der Waals surface area contributed by atoms with Crippen molar-refractivity contribution in [1.29, 1.82) is 0 Å². The van der Waals surface area contributed by atoms with Crippen molar-refractivity contribution in [3.8, 4) is 0 Å². The standard InChI is InChI=1S/C55H102O6/c1-4-7-10-13-16-19-21-23-25-26-27-28-30-31-33-36-39-42-45-48-54(57)60-51-52(50-59-53(56)47-44-41-38-35-18-15-12-9-6-3)61-55(58)49-46-43-40-37-34-32-29-24-22-20-17-14-11-8-5-2/h16,19,23,25,52H,4-15,17-18,20-22,24,26-51H2,1-3H3/b19-16-,25-23-. The van der Waals surface area contributed by atoms with Crippen LogP contribution < -0.4 is 0 Å². The van der Waals surface area contributed by atoms with Gasteiger partial charge in [0.2, 0.25) is 0 Å². The van der Waals surface area contributed by atoms with E-state index in [1.165, 1.54) is 186 Å². The number of allylic oxidation sites excluding steroid dienone is 4. The number of hydrogen-bond donors (Lipinski definition) is 0. The van der Waals surface area contributed by atoms with E-state index in [0.29, 0.717) is 19.3 Å². The lowest BCUT2D eigenvalue weighted by atomic mass is 10.0. The molecule has 1 unspecified atom stereocenters. The van der Waals surface area contributed by atoms with Gasteiger partial charge in [0.25, 0.3) is 0 Å². The van der Waals surface area contributed by atoms with Crippen LogP contribution in [0.25, 0.3) is 0 Å².